The molecule has 0 aliphatic heterocycles. The van der Waals surface area contributed by atoms with Gasteiger partial charge in [0.05, 0.1) is 4.92 Å². The fourth-order valence-corrected chi connectivity index (χ4v) is 2.07. The van der Waals surface area contributed by atoms with Gasteiger partial charge in [-0.1, -0.05) is 11.6 Å². The largest absolute Gasteiger partial charge is 0.439 e. The number of nitro groups is 1. The minimum atomic E-state index is -0.558. The van der Waals surface area contributed by atoms with Crippen LogP contribution in [0.4, 0.5) is 5.69 Å². The van der Waals surface area contributed by atoms with Gasteiger partial charge in [-0.2, -0.15) is 4.98 Å². The van der Waals surface area contributed by atoms with Gasteiger partial charge >= 0.3 is 0 Å². The molecule has 2 rings (SSSR count). The van der Waals surface area contributed by atoms with Crippen molar-refractivity contribution in [1.29, 1.82) is 0 Å². The van der Waals surface area contributed by atoms with Gasteiger partial charge in [0.15, 0.2) is 0 Å². The molecule has 0 aliphatic carbocycles. The van der Waals surface area contributed by atoms with Crippen LogP contribution >= 0.6 is 27.5 Å². The van der Waals surface area contributed by atoms with E-state index in [4.69, 9.17) is 16.3 Å². The Bertz CT molecular complexity index is 631. The number of aromatic nitrogens is 2. The normalized spacial score (nSPS) is 10.3. The molecule has 98 valence electrons. The van der Waals surface area contributed by atoms with Crippen molar-refractivity contribution in [2.45, 2.75) is 6.92 Å². The third-order valence-corrected chi connectivity index (χ3v) is 2.83. The molecule has 6 nitrogen and oxygen atoms in total. The fraction of sp³-hybridized carbons (Fsp3) is 0.0909. The molecule has 0 atom stereocenters. The highest BCUT2D eigenvalue weighted by molar-refractivity contribution is 9.10. The van der Waals surface area contributed by atoms with E-state index in [1.54, 1.807) is 13.0 Å². The van der Waals surface area contributed by atoms with Crippen LogP contribution in [0.15, 0.2) is 28.9 Å². The van der Waals surface area contributed by atoms with Gasteiger partial charge in [0.2, 0.25) is 5.88 Å². The molecule has 0 spiro atoms. The molecule has 1 heterocycles. The highest BCUT2D eigenvalue weighted by Crippen LogP contribution is 2.30. The van der Waals surface area contributed by atoms with Gasteiger partial charge in [-0.05, 0) is 28.9 Å². The number of hydrogen-bond donors (Lipinski definition) is 0. The summed E-state index contributed by atoms with van der Waals surface area (Å²) in [5.41, 5.74) is -0.172. The lowest BCUT2D eigenvalue weighted by molar-refractivity contribution is -0.384. The van der Waals surface area contributed by atoms with Crippen LogP contribution in [-0.2, 0) is 0 Å². The van der Waals surface area contributed by atoms with E-state index in [2.05, 4.69) is 25.9 Å². The second kappa shape index (κ2) is 5.50. The molecule has 0 N–H and O–H groups in total. The van der Waals surface area contributed by atoms with E-state index >= 15 is 0 Å². The number of rotatable bonds is 3. The maximum atomic E-state index is 10.6. The van der Waals surface area contributed by atoms with Crippen molar-refractivity contribution in [3.05, 3.63) is 49.8 Å². The molecule has 1 aromatic heterocycles. The van der Waals surface area contributed by atoms with E-state index in [1.807, 2.05) is 0 Å². The van der Waals surface area contributed by atoms with Gasteiger partial charge in [0.25, 0.3) is 5.69 Å². The maximum absolute atomic E-state index is 10.6. The summed E-state index contributed by atoms with van der Waals surface area (Å²) >= 11 is 9.01. The van der Waals surface area contributed by atoms with Gasteiger partial charge < -0.3 is 4.74 Å². The van der Waals surface area contributed by atoms with Crippen molar-refractivity contribution < 1.29 is 9.66 Å². The third kappa shape index (κ3) is 3.39. The molecular weight excluding hydrogens is 337 g/mol. The lowest BCUT2D eigenvalue weighted by Crippen LogP contribution is -1.94. The van der Waals surface area contributed by atoms with Gasteiger partial charge in [-0.15, -0.1) is 0 Å². The van der Waals surface area contributed by atoms with E-state index in [0.717, 1.165) is 0 Å². The summed E-state index contributed by atoms with van der Waals surface area (Å²) in [5.74, 6) is 1.22. The number of ether oxygens (including phenoxy) is 1. The van der Waals surface area contributed by atoms with Crippen molar-refractivity contribution in [2.75, 3.05) is 0 Å². The Morgan fingerprint density at radius 3 is 2.68 bits per heavy atom. The van der Waals surface area contributed by atoms with E-state index in [-0.39, 0.29) is 10.7 Å². The SMILES string of the molecule is Cc1nc(Br)cc(Oc2ccc([N+](=O)[O-])c(Cl)c2)n1. The Hall–Kier alpha value is -1.73. The number of nitrogens with zero attached hydrogens (tertiary/aromatic N) is 3. The van der Waals surface area contributed by atoms with E-state index < -0.39 is 4.92 Å². The van der Waals surface area contributed by atoms with Crippen LogP contribution in [0.3, 0.4) is 0 Å². The number of nitro benzene ring substituents is 1. The smallest absolute Gasteiger partial charge is 0.288 e. The molecule has 0 amide bonds. The lowest BCUT2D eigenvalue weighted by atomic mass is 10.3. The Morgan fingerprint density at radius 1 is 1.37 bits per heavy atom. The second-order valence-electron chi connectivity index (χ2n) is 3.55. The van der Waals surface area contributed by atoms with Gasteiger partial charge in [-0.25, -0.2) is 4.98 Å². The number of aryl methyl sites for hydroxylation is 1. The quantitative estimate of drug-likeness (QED) is 0.479. The van der Waals surface area contributed by atoms with Crippen molar-refractivity contribution >= 4 is 33.2 Å². The van der Waals surface area contributed by atoms with Crippen LogP contribution in [0.2, 0.25) is 5.02 Å². The maximum Gasteiger partial charge on any atom is 0.288 e. The summed E-state index contributed by atoms with van der Waals surface area (Å²) in [6.07, 6.45) is 0. The Labute approximate surface area is 121 Å². The van der Waals surface area contributed by atoms with Crippen LogP contribution in [-0.4, -0.2) is 14.9 Å². The summed E-state index contributed by atoms with van der Waals surface area (Å²) in [5, 5.41) is 10.6. The molecule has 0 saturated heterocycles. The molecule has 2 aromatic rings. The Kier molecular flexibility index (Phi) is 3.96. The molecule has 0 unspecified atom stereocenters. The molecule has 0 radical (unpaired) electrons. The first-order valence-corrected chi connectivity index (χ1v) is 6.26. The molecule has 0 aliphatic rings. The predicted octanol–water partition coefficient (Wildman–Crippen LogP) is 3.90. The van der Waals surface area contributed by atoms with Crippen LogP contribution in [0.5, 0.6) is 11.6 Å². The summed E-state index contributed by atoms with van der Waals surface area (Å²) < 4.78 is 6.05. The Morgan fingerprint density at radius 2 is 2.11 bits per heavy atom. The highest BCUT2D eigenvalue weighted by atomic mass is 79.9. The average Bonchev–Trinajstić information content (AvgIpc) is 2.26. The topological polar surface area (TPSA) is 78.2 Å². The predicted molar refractivity (Wildman–Crippen MR) is 72.6 cm³/mol. The zero-order chi connectivity index (χ0) is 14.0. The highest BCUT2D eigenvalue weighted by Gasteiger charge is 2.13. The number of benzene rings is 1. The fourth-order valence-electron chi connectivity index (χ4n) is 1.38. The second-order valence-corrected chi connectivity index (χ2v) is 4.77. The zero-order valence-electron chi connectivity index (χ0n) is 9.63. The van der Waals surface area contributed by atoms with Crippen molar-refractivity contribution in [1.82, 2.24) is 9.97 Å². The molecule has 8 heteroatoms. The van der Waals surface area contributed by atoms with Crippen molar-refractivity contribution in [3.8, 4) is 11.6 Å². The molecule has 19 heavy (non-hydrogen) atoms. The molecule has 1 aromatic carbocycles. The third-order valence-electron chi connectivity index (χ3n) is 2.12. The van der Waals surface area contributed by atoms with E-state index in [1.165, 1.54) is 18.2 Å². The van der Waals surface area contributed by atoms with Crippen LogP contribution in [0.1, 0.15) is 5.82 Å². The molecule has 0 fully saturated rings. The zero-order valence-corrected chi connectivity index (χ0v) is 12.0. The minimum absolute atomic E-state index is 0.00680. The van der Waals surface area contributed by atoms with E-state index in [9.17, 15) is 10.1 Å². The first-order chi connectivity index (χ1) is 8.95. The van der Waals surface area contributed by atoms with Crippen LogP contribution in [0, 0.1) is 17.0 Å². The minimum Gasteiger partial charge on any atom is -0.439 e. The standard InChI is InChI=1S/C11H7BrClN3O3/c1-6-14-10(12)5-11(15-6)19-7-2-3-9(16(17)18)8(13)4-7/h2-5H,1H3. The summed E-state index contributed by atoms with van der Waals surface area (Å²) in [6.45, 7) is 1.72. The monoisotopic (exact) mass is 343 g/mol. The van der Waals surface area contributed by atoms with Crippen LogP contribution < -0.4 is 4.74 Å². The first-order valence-electron chi connectivity index (χ1n) is 5.08. The molecular formula is C11H7BrClN3O3. The van der Waals surface area contributed by atoms with E-state index in [0.29, 0.717) is 22.1 Å². The summed E-state index contributed by atoms with van der Waals surface area (Å²) in [7, 11) is 0. The number of halogens is 2. The van der Waals surface area contributed by atoms with Gasteiger partial charge in [0, 0.05) is 18.2 Å². The number of hydrogen-bond acceptors (Lipinski definition) is 5. The average molecular weight is 345 g/mol. The lowest BCUT2D eigenvalue weighted by Gasteiger charge is -2.06. The van der Waals surface area contributed by atoms with Gasteiger partial charge in [-0.3, -0.25) is 10.1 Å². The van der Waals surface area contributed by atoms with Crippen LogP contribution in [0.25, 0.3) is 0 Å². The Balaban J connectivity index is 2.28. The molecule has 0 saturated carbocycles. The van der Waals surface area contributed by atoms with Gasteiger partial charge in [0.1, 0.15) is 21.2 Å². The summed E-state index contributed by atoms with van der Waals surface area (Å²) in [4.78, 5) is 18.2. The first kappa shape index (κ1) is 13.7. The van der Waals surface area contributed by atoms with Crippen molar-refractivity contribution in [2.24, 2.45) is 0 Å². The van der Waals surface area contributed by atoms with Crippen molar-refractivity contribution in [3.63, 3.8) is 0 Å². The molecule has 0 bridgehead atoms. The summed E-state index contributed by atoms with van der Waals surface area (Å²) in [6, 6.07) is 5.68.